The molecule has 0 aliphatic carbocycles. The maximum absolute atomic E-state index is 13.2. The first kappa shape index (κ1) is 23.0. The van der Waals surface area contributed by atoms with Gasteiger partial charge in [0.25, 0.3) is 5.91 Å². The van der Waals surface area contributed by atoms with E-state index in [9.17, 15) is 9.59 Å². The number of benzene rings is 2. The van der Waals surface area contributed by atoms with Crippen molar-refractivity contribution in [1.82, 2.24) is 20.0 Å². The number of aromatic nitrogens is 2. The fourth-order valence-electron chi connectivity index (χ4n) is 3.60. The highest BCUT2D eigenvalue weighted by atomic mass is 35.5. The van der Waals surface area contributed by atoms with E-state index in [1.165, 1.54) is 11.3 Å². The van der Waals surface area contributed by atoms with Crippen molar-refractivity contribution in [2.45, 2.75) is 26.9 Å². The van der Waals surface area contributed by atoms with E-state index in [1.54, 1.807) is 17.0 Å². The molecule has 0 fully saturated rings. The monoisotopic (exact) mass is 480 g/mol. The molecule has 0 saturated heterocycles. The molecule has 2 heterocycles. The number of aryl methyl sites for hydroxylation is 1. The zero-order valence-corrected chi connectivity index (χ0v) is 20.1. The van der Waals surface area contributed by atoms with Gasteiger partial charge in [0.2, 0.25) is 5.91 Å². The van der Waals surface area contributed by atoms with Crippen LogP contribution in [0.25, 0.3) is 10.2 Å². The van der Waals surface area contributed by atoms with E-state index in [0.717, 1.165) is 27.0 Å². The van der Waals surface area contributed by atoms with Crippen LogP contribution in [0.1, 0.15) is 33.4 Å². The number of halogens is 1. The van der Waals surface area contributed by atoms with Gasteiger partial charge in [0.1, 0.15) is 4.83 Å². The number of carbonyl (C=O) groups is 2. The van der Waals surface area contributed by atoms with Gasteiger partial charge >= 0.3 is 0 Å². The molecule has 8 heteroatoms. The van der Waals surface area contributed by atoms with Crippen LogP contribution < -0.4 is 5.32 Å². The molecule has 4 rings (SSSR count). The van der Waals surface area contributed by atoms with Crippen LogP contribution in [0.5, 0.6) is 0 Å². The van der Waals surface area contributed by atoms with E-state index < -0.39 is 0 Å². The molecule has 1 N–H and O–H groups in total. The molecule has 0 radical (unpaired) electrons. The lowest BCUT2D eigenvalue weighted by Crippen LogP contribution is -2.40. The van der Waals surface area contributed by atoms with Gasteiger partial charge in [-0.05, 0) is 43.2 Å². The number of hydrogen-bond acceptors (Lipinski definition) is 4. The van der Waals surface area contributed by atoms with Crippen molar-refractivity contribution >= 4 is 45.0 Å². The Hall–Kier alpha value is -3.16. The maximum Gasteiger partial charge on any atom is 0.264 e. The minimum Gasteiger partial charge on any atom is -0.350 e. The van der Waals surface area contributed by atoms with Crippen molar-refractivity contribution in [2.75, 3.05) is 13.1 Å². The largest absolute Gasteiger partial charge is 0.350 e. The van der Waals surface area contributed by atoms with Crippen LogP contribution in [0.15, 0.2) is 60.7 Å². The predicted octanol–water partition coefficient (Wildman–Crippen LogP) is 4.89. The number of nitrogens with one attached hydrogen (secondary N) is 1. The standard InChI is InChI=1S/C25H25ClN4O2S/c1-3-29(16-23(31)27-14-18-9-11-20(26)12-10-18)24(32)22-13-21-17(2)28-30(25(21)33-22)15-19-7-5-4-6-8-19/h4-13H,3,14-16H2,1-2H3,(H,27,31). The minimum atomic E-state index is -0.201. The molecule has 2 aromatic heterocycles. The first-order valence-electron chi connectivity index (χ1n) is 10.8. The molecular weight excluding hydrogens is 456 g/mol. The van der Waals surface area contributed by atoms with E-state index in [2.05, 4.69) is 22.5 Å². The average molecular weight is 481 g/mol. The highest BCUT2D eigenvalue weighted by molar-refractivity contribution is 7.20. The molecule has 33 heavy (non-hydrogen) atoms. The van der Waals surface area contributed by atoms with Crippen LogP contribution in [0, 0.1) is 6.92 Å². The number of hydrogen-bond donors (Lipinski definition) is 1. The number of nitrogens with zero attached hydrogens (tertiary/aromatic N) is 3. The normalized spacial score (nSPS) is 11.0. The maximum atomic E-state index is 13.2. The molecule has 6 nitrogen and oxygen atoms in total. The smallest absolute Gasteiger partial charge is 0.264 e. The minimum absolute atomic E-state index is 0.00624. The summed E-state index contributed by atoms with van der Waals surface area (Å²) in [7, 11) is 0. The number of carbonyl (C=O) groups excluding carboxylic acids is 2. The molecule has 170 valence electrons. The highest BCUT2D eigenvalue weighted by Crippen LogP contribution is 2.29. The Morgan fingerprint density at radius 2 is 1.82 bits per heavy atom. The predicted molar refractivity (Wildman–Crippen MR) is 133 cm³/mol. The van der Waals surface area contributed by atoms with Crippen molar-refractivity contribution in [3.8, 4) is 0 Å². The molecule has 4 aromatic rings. The Morgan fingerprint density at radius 1 is 1.09 bits per heavy atom. The van der Waals surface area contributed by atoms with Gasteiger partial charge in [-0.25, -0.2) is 0 Å². The van der Waals surface area contributed by atoms with Crippen LogP contribution in [0.3, 0.4) is 0 Å². The Labute approximate surface area is 201 Å². The molecule has 0 spiro atoms. The van der Waals surface area contributed by atoms with Crippen molar-refractivity contribution in [3.05, 3.63) is 87.4 Å². The summed E-state index contributed by atoms with van der Waals surface area (Å²) >= 11 is 7.32. The van der Waals surface area contributed by atoms with Crippen LogP contribution in [-0.4, -0.2) is 39.6 Å². The van der Waals surface area contributed by atoms with Gasteiger partial charge in [0.05, 0.1) is 23.7 Å². The third kappa shape index (κ3) is 5.43. The van der Waals surface area contributed by atoms with Gasteiger partial charge in [-0.3, -0.25) is 14.3 Å². The van der Waals surface area contributed by atoms with E-state index in [4.69, 9.17) is 11.6 Å². The van der Waals surface area contributed by atoms with Crippen LogP contribution in [0.2, 0.25) is 5.02 Å². The molecule has 2 amide bonds. The molecule has 0 aliphatic rings. The van der Waals surface area contributed by atoms with E-state index >= 15 is 0 Å². The summed E-state index contributed by atoms with van der Waals surface area (Å²) in [5, 5.41) is 9.14. The second-order valence-electron chi connectivity index (χ2n) is 7.78. The second-order valence-corrected chi connectivity index (χ2v) is 9.25. The van der Waals surface area contributed by atoms with Gasteiger partial charge in [0.15, 0.2) is 0 Å². The third-order valence-corrected chi connectivity index (χ3v) is 6.79. The van der Waals surface area contributed by atoms with Crippen molar-refractivity contribution < 1.29 is 9.59 Å². The van der Waals surface area contributed by atoms with Crippen molar-refractivity contribution in [2.24, 2.45) is 0 Å². The lowest BCUT2D eigenvalue weighted by atomic mass is 10.2. The first-order chi connectivity index (χ1) is 15.9. The van der Waals surface area contributed by atoms with E-state index in [0.29, 0.717) is 29.5 Å². The molecule has 2 aromatic carbocycles. The number of amides is 2. The molecule has 0 aliphatic heterocycles. The van der Waals surface area contributed by atoms with Crippen molar-refractivity contribution in [1.29, 1.82) is 0 Å². The second kappa shape index (κ2) is 10.2. The summed E-state index contributed by atoms with van der Waals surface area (Å²) in [4.78, 5) is 28.8. The summed E-state index contributed by atoms with van der Waals surface area (Å²) in [6.45, 7) is 5.30. The summed E-state index contributed by atoms with van der Waals surface area (Å²) in [5.74, 6) is -0.348. The molecule has 0 atom stereocenters. The lowest BCUT2D eigenvalue weighted by molar-refractivity contribution is -0.121. The first-order valence-corrected chi connectivity index (χ1v) is 12.0. The van der Waals surface area contributed by atoms with E-state index in [1.807, 2.05) is 54.9 Å². The molecule has 0 saturated carbocycles. The van der Waals surface area contributed by atoms with Gasteiger partial charge in [-0.15, -0.1) is 11.3 Å². The number of rotatable bonds is 8. The van der Waals surface area contributed by atoms with Gasteiger partial charge < -0.3 is 10.2 Å². The fraction of sp³-hybridized carbons (Fsp3) is 0.240. The number of likely N-dealkylation sites (N-methyl/N-ethyl adjacent to an activating group) is 1. The number of fused-ring (bicyclic) bond motifs is 1. The van der Waals surface area contributed by atoms with E-state index in [-0.39, 0.29) is 18.4 Å². The summed E-state index contributed by atoms with van der Waals surface area (Å²) in [6.07, 6.45) is 0. The lowest BCUT2D eigenvalue weighted by Gasteiger charge is -2.19. The Bertz CT molecular complexity index is 1270. The quantitative estimate of drug-likeness (QED) is 0.390. The topological polar surface area (TPSA) is 67.2 Å². The van der Waals surface area contributed by atoms with Gasteiger partial charge in [-0.2, -0.15) is 5.10 Å². The number of thiophene rings is 1. The summed E-state index contributed by atoms with van der Waals surface area (Å²) in [6, 6.07) is 19.3. The van der Waals surface area contributed by atoms with Gasteiger partial charge in [-0.1, -0.05) is 54.1 Å². The van der Waals surface area contributed by atoms with Crippen molar-refractivity contribution in [3.63, 3.8) is 0 Å². The summed E-state index contributed by atoms with van der Waals surface area (Å²) in [5.41, 5.74) is 2.99. The zero-order chi connectivity index (χ0) is 23.4. The van der Waals surface area contributed by atoms with Crippen LogP contribution in [0.4, 0.5) is 0 Å². The molecule has 0 unspecified atom stereocenters. The highest BCUT2D eigenvalue weighted by Gasteiger charge is 2.22. The summed E-state index contributed by atoms with van der Waals surface area (Å²) < 4.78 is 1.94. The van der Waals surface area contributed by atoms with Crippen LogP contribution in [-0.2, 0) is 17.9 Å². The molecule has 0 bridgehead atoms. The van der Waals surface area contributed by atoms with Gasteiger partial charge in [0, 0.05) is 23.5 Å². The fourth-order valence-corrected chi connectivity index (χ4v) is 4.85. The third-order valence-electron chi connectivity index (χ3n) is 5.40. The Balaban J connectivity index is 1.45. The Morgan fingerprint density at radius 3 is 2.52 bits per heavy atom. The average Bonchev–Trinajstić information content (AvgIpc) is 3.38. The zero-order valence-electron chi connectivity index (χ0n) is 18.5. The Kier molecular flexibility index (Phi) is 7.11. The van der Waals surface area contributed by atoms with Crippen LogP contribution >= 0.6 is 22.9 Å². The molecular formula is C25H25ClN4O2S. The SMILES string of the molecule is CCN(CC(=O)NCc1ccc(Cl)cc1)C(=O)c1cc2c(C)nn(Cc3ccccc3)c2s1.